The molecule has 9 heteroatoms. The summed E-state index contributed by atoms with van der Waals surface area (Å²) < 4.78 is 11.1. The predicted molar refractivity (Wildman–Crippen MR) is 162 cm³/mol. The fraction of sp³-hybridized carbons (Fsp3) is 0.500. The average Bonchev–Trinajstić information content (AvgIpc) is 2.89. The van der Waals surface area contributed by atoms with Crippen molar-refractivity contribution in [2.75, 3.05) is 46.9 Å². The summed E-state index contributed by atoms with van der Waals surface area (Å²) in [6.45, 7) is 6.13. The molecular formula is C30H42Cl2N2O5. The molecule has 1 aromatic heterocycles. The quantitative estimate of drug-likeness (QED) is 0.245. The summed E-state index contributed by atoms with van der Waals surface area (Å²) in [5.74, 6) is -0.244. The van der Waals surface area contributed by atoms with Crippen molar-refractivity contribution in [1.82, 2.24) is 9.80 Å². The maximum atomic E-state index is 12.7. The monoisotopic (exact) mass is 580 g/mol. The smallest absolute Gasteiger partial charge is 0.204 e. The molecule has 1 saturated heterocycles. The van der Waals surface area contributed by atoms with Crippen molar-refractivity contribution in [3.05, 3.63) is 52.2 Å². The highest BCUT2D eigenvalue weighted by Gasteiger charge is 2.19. The molecule has 216 valence electrons. The van der Waals surface area contributed by atoms with Crippen LogP contribution in [0.15, 0.2) is 45.6 Å². The van der Waals surface area contributed by atoms with Crippen LogP contribution < -0.4 is 10.2 Å². The molecule has 4 rings (SSSR count). The summed E-state index contributed by atoms with van der Waals surface area (Å²) >= 11 is 0. The number of likely N-dealkylation sites (tertiary alicyclic amines) is 1. The fourth-order valence-corrected chi connectivity index (χ4v) is 5.20. The number of unbranched alkanes of at least 4 members (excludes halogenated alkanes) is 2. The molecule has 0 unspecified atom stereocenters. The van der Waals surface area contributed by atoms with Gasteiger partial charge in [-0.25, -0.2) is 0 Å². The normalized spacial score (nSPS) is 13.7. The van der Waals surface area contributed by atoms with Gasteiger partial charge in [-0.05, 0) is 83.9 Å². The van der Waals surface area contributed by atoms with E-state index in [1.165, 1.54) is 83.4 Å². The van der Waals surface area contributed by atoms with Crippen LogP contribution in [0.4, 0.5) is 0 Å². The number of aryl methyl sites for hydroxylation is 1. The van der Waals surface area contributed by atoms with Gasteiger partial charge in [0.2, 0.25) is 5.75 Å². The van der Waals surface area contributed by atoms with Crippen LogP contribution in [0.5, 0.6) is 17.2 Å². The molecule has 7 nitrogen and oxygen atoms in total. The molecule has 2 N–H and O–H groups in total. The van der Waals surface area contributed by atoms with E-state index in [2.05, 4.69) is 29.0 Å². The zero-order chi connectivity index (χ0) is 26.2. The highest BCUT2D eigenvalue weighted by Crippen LogP contribution is 2.40. The van der Waals surface area contributed by atoms with Crippen molar-refractivity contribution >= 4 is 35.8 Å². The Bertz CT molecular complexity index is 1230. The first-order valence-corrected chi connectivity index (χ1v) is 13.5. The van der Waals surface area contributed by atoms with Crippen LogP contribution >= 0.6 is 24.8 Å². The van der Waals surface area contributed by atoms with Crippen LogP contribution in [0, 0.1) is 0 Å². The number of ether oxygens (including phenoxy) is 1. The average molecular weight is 582 g/mol. The Balaban J connectivity index is 0.00000267. The Morgan fingerprint density at radius 3 is 2.31 bits per heavy atom. The first-order valence-electron chi connectivity index (χ1n) is 13.5. The number of nitrogens with zero attached hydrogens (tertiary/aromatic N) is 2. The third-order valence-corrected chi connectivity index (χ3v) is 7.33. The number of phenols is 2. The van der Waals surface area contributed by atoms with Crippen molar-refractivity contribution in [2.24, 2.45) is 0 Å². The van der Waals surface area contributed by atoms with Gasteiger partial charge in [-0.2, -0.15) is 0 Å². The van der Waals surface area contributed by atoms with Gasteiger partial charge in [0.15, 0.2) is 16.8 Å². The molecule has 2 aromatic carbocycles. The summed E-state index contributed by atoms with van der Waals surface area (Å²) in [6, 6.07) is 10.4. The zero-order valence-corrected chi connectivity index (χ0v) is 24.6. The lowest BCUT2D eigenvalue weighted by Crippen LogP contribution is -2.32. The van der Waals surface area contributed by atoms with E-state index in [-0.39, 0.29) is 53.0 Å². The minimum atomic E-state index is -0.396. The summed E-state index contributed by atoms with van der Waals surface area (Å²) in [7, 11) is 3.61. The Morgan fingerprint density at radius 1 is 0.923 bits per heavy atom. The minimum absolute atomic E-state index is 0. The predicted octanol–water partition coefficient (Wildman–Crippen LogP) is 6.24. The van der Waals surface area contributed by atoms with E-state index >= 15 is 0 Å². The van der Waals surface area contributed by atoms with Gasteiger partial charge in [0, 0.05) is 17.7 Å². The minimum Gasteiger partial charge on any atom is -0.507 e. The number of hydrogen-bond acceptors (Lipinski definition) is 7. The van der Waals surface area contributed by atoms with E-state index in [4.69, 9.17) is 9.15 Å². The van der Waals surface area contributed by atoms with Crippen LogP contribution in [0.1, 0.15) is 50.5 Å². The second kappa shape index (κ2) is 16.0. The maximum absolute atomic E-state index is 12.7. The maximum Gasteiger partial charge on any atom is 0.204 e. The number of piperidine rings is 1. The van der Waals surface area contributed by atoms with Gasteiger partial charge in [0.25, 0.3) is 0 Å². The standard InChI is InChI=1S/C30H40N2O5.2ClH/c1-31(16-9-19-32-17-7-4-8-18-32)15-6-3-5-10-22-11-13-23(14-12-22)27-21-25(34)28-24(33)20-26(35)29(36-2)30(28)37-27;;/h11-14,20-21,33,35H,3-10,15-19H2,1-2H3;2*1H. The number of rotatable bonds is 12. The van der Waals surface area contributed by atoms with Crippen molar-refractivity contribution in [3.63, 3.8) is 0 Å². The second-order valence-corrected chi connectivity index (χ2v) is 10.2. The van der Waals surface area contributed by atoms with E-state index in [1.54, 1.807) is 0 Å². The van der Waals surface area contributed by atoms with Gasteiger partial charge in [-0.3, -0.25) is 4.79 Å². The summed E-state index contributed by atoms with van der Waals surface area (Å²) in [5.41, 5.74) is 1.63. The second-order valence-electron chi connectivity index (χ2n) is 10.2. The van der Waals surface area contributed by atoms with Crippen LogP contribution in [0.3, 0.4) is 0 Å². The summed E-state index contributed by atoms with van der Waals surface area (Å²) in [5, 5.41) is 20.2. The van der Waals surface area contributed by atoms with Crippen molar-refractivity contribution in [1.29, 1.82) is 0 Å². The first-order chi connectivity index (χ1) is 18.0. The Kier molecular flexibility index (Phi) is 13.4. The molecule has 3 aromatic rings. The number of fused-ring (bicyclic) bond motifs is 1. The molecule has 0 bridgehead atoms. The number of phenolic OH excluding ortho intramolecular Hbond substituents is 2. The highest BCUT2D eigenvalue weighted by molar-refractivity contribution is 5.91. The van der Waals surface area contributed by atoms with Gasteiger partial charge in [-0.1, -0.05) is 37.1 Å². The van der Waals surface area contributed by atoms with E-state index in [1.807, 2.05) is 12.1 Å². The largest absolute Gasteiger partial charge is 0.507 e. The summed E-state index contributed by atoms with van der Waals surface area (Å²) in [4.78, 5) is 17.7. The van der Waals surface area contributed by atoms with Gasteiger partial charge in [-0.15, -0.1) is 24.8 Å². The first kappa shape index (κ1) is 32.8. The summed E-state index contributed by atoms with van der Waals surface area (Å²) in [6.07, 6.45) is 9.95. The highest BCUT2D eigenvalue weighted by atomic mass is 35.5. The molecule has 1 fully saturated rings. The third-order valence-electron chi connectivity index (χ3n) is 7.33. The van der Waals surface area contributed by atoms with E-state index < -0.39 is 5.43 Å². The van der Waals surface area contributed by atoms with Crippen LogP contribution in [0.2, 0.25) is 0 Å². The molecule has 0 amide bonds. The van der Waals surface area contributed by atoms with E-state index in [0.717, 1.165) is 31.0 Å². The van der Waals surface area contributed by atoms with Crippen molar-refractivity contribution in [3.8, 4) is 28.6 Å². The van der Waals surface area contributed by atoms with Crippen molar-refractivity contribution in [2.45, 2.75) is 51.4 Å². The Labute approximate surface area is 243 Å². The molecule has 1 aliphatic heterocycles. The van der Waals surface area contributed by atoms with Gasteiger partial charge in [0.05, 0.1) is 7.11 Å². The van der Waals surface area contributed by atoms with Gasteiger partial charge in [0.1, 0.15) is 16.9 Å². The molecule has 0 spiro atoms. The van der Waals surface area contributed by atoms with Crippen molar-refractivity contribution < 1.29 is 19.4 Å². The van der Waals surface area contributed by atoms with Gasteiger partial charge < -0.3 is 29.2 Å². The lowest BCUT2D eigenvalue weighted by Gasteiger charge is -2.27. The fourth-order valence-electron chi connectivity index (χ4n) is 5.20. The Morgan fingerprint density at radius 2 is 1.62 bits per heavy atom. The number of benzene rings is 2. The number of halogens is 2. The molecule has 39 heavy (non-hydrogen) atoms. The molecule has 0 aliphatic carbocycles. The SMILES string of the molecule is COc1c(O)cc(O)c2c(=O)cc(-c3ccc(CCCCCN(C)CCCN4CCCCC4)cc3)oc12.Cl.Cl. The zero-order valence-electron chi connectivity index (χ0n) is 23.0. The van der Waals surface area contributed by atoms with Gasteiger partial charge >= 0.3 is 0 Å². The molecule has 1 aliphatic rings. The lowest BCUT2D eigenvalue weighted by atomic mass is 10.0. The van der Waals surface area contributed by atoms with E-state index in [0.29, 0.717) is 5.76 Å². The van der Waals surface area contributed by atoms with Crippen LogP contribution in [-0.2, 0) is 6.42 Å². The third kappa shape index (κ3) is 8.77. The number of hydrogen-bond donors (Lipinski definition) is 2. The lowest BCUT2D eigenvalue weighted by molar-refractivity contribution is 0.211. The van der Waals surface area contributed by atoms with Crippen LogP contribution in [0.25, 0.3) is 22.3 Å². The molecular weight excluding hydrogens is 539 g/mol. The number of aromatic hydroxyl groups is 2. The molecule has 0 saturated carbocycles. The van der Waals surface area contributed by atoms with E-state index in [9.17, 15) is 15.0 Å². The molecule has 0 radical (unpaired) electrons. The molecule has 0 atom stereocenters. The van der Waals surface area contributed by atoms with Crippen LogP contribution in [-0.4, -0.2) is 66.9 Å². The molecule has 2 heterocycles. The topological polar surface area (TPSA) is 86.4 Å². The number of methoxy groups -OCH3 is 1. The Hall–Kier alpha value is -2.45.